The lowest BCUT2D eigenvalue weighted by atomic mass is 9.76. The van der Waals surface area contributed by atoms with E-state index in [1.807, 2.05) is 0 Å². The molecule has 2 N–H and O–H groups in total. The number of aromatic nitrogens is 2. The smallest absolute Gasteiger partial charge is 0.0624 e. The average Bonchev–Trinajstić information content (AvgIpc) is 2.68. The van der Waals surface area contributed by atoms with Crippen molar-refractivity contribution < 1.29 is 0 Å². The van der Waals surface area contributed by atoms with E-state index in [0.717, 1.165) is 25.9 Å². The Labute approximate surface area is 117 Å². The predicted octanol–water partition coefficient (Wildman–Crippen LogP) is 3.31. The Morgan fingerprint density at radius 3 is 2.42 bits per heavy atom. The van der Waals surface area contributed by atoms with Crippen molar-refractivity contribution in [1.82, 2.24) is 9.78 Å². The molecule has 0 radical (unpaired) electrons. The number of hydrogen-bond donors (Lipinski definition) is 1. The van der Waals surface area contributed by atoms with Gasteiger partial charge >= 0.3 is 0 Å². The quantitative estimate of drug-likeness (QED) is 0.828. The van der Waals surface area contributed by atoms with Gasteiger partial charge < -0.3 is 5.73 Å². The molecule has 0 amide bonds. The highest BCUT2D eigenvalue weighted by Gasteiger charge is 2.31. The van der Waals surface area contributed by atoms with Crippen molar-refractivity contribution in [2.24, 2.45) is 11.1 Å². The first-order chi connectivity index (χ1) is 9.23. The SMILES string of the molecule is CCc1cc(CC2(CN)CCCCCC2)n(CC)n1. The van der Waals surface area contributed by atoms with Gasteiger partial charge in [0.1, 0.15) is 0 Å². The molecule has 0 spiro atoms. The third-order valence-corrected chi connectivity index (χ3v) is 4.73. The first-order valence-electron chi connectivity index (χ1n) is 7.98. The number of nitrogens with zero attached hydrogens (tertiary/aromatic N) is 2. The predicted molar refractivity (Wildman–Crippen MR) is 80.2 cm³/mol. The van der Waals surface area contributed by atoms with Crippen molar-refractivity contribution in [2.75, 3.05) is 6.54 Å². The van der Waals surface area contributed by atoms with Crippen LogP contribution in [0.2, 0.25) is 0 Å². The molecule has 0 atom stereocenters. The molecule has 1 fully saturated rings. The van der Waals surface area contributed by atoms with Gasteiger partial charge in [-0.1, -0.05) is 32.6 Å². The molecule has 1 saturated carbocycles. The lowest BCUT2D eigenvalue weighted by Gasteiger charge is -2.31. The van der Waals surface area contributed by atoms with Gasteiger partial charge in [0.05, 0.1) is 5.69 Å². The van der Waals surface area contributed by atoms with Crippen molar-refractivity contribution in [3.8, 4) is 0 Å². The van der Waals surface area contributed by atoms with E-state index in [1.54, 1.807) is 0 Å². The molecular formula is C16H29N3. The van der Waals surface area contributed by atoms with E-state index < -0.39 is 0 Å². The molecular weight excluding hydrogens is 234 g/mol. The summed E-state index contributed by atoms with van der Waals surface area (Å²) in [5.41, 5.74) is 9.10. The summed E-state index contributed by atoms with van der Waals surface area (Å²) >= 11 is 0. The molecule has 1 aliphatic carbocycles. The maximum Gasteiger partial charge on any atom is 0.0624 e. The molecule has 2 rings (SSSR count). The molecule has 0 unspecified atom stereocenters. The van der Waals surface area contributed by atoms with E-state index in [4.69, 9.17) is 5.73 Å². The zero-order chi connectivity index (χ0) is 13.7. The van der Waals surface area contributed by atoms with Gasteiger partial charge in [-0.05, 0) is 50.6 Å². The minimum Gasteiger partial charge on any atom is -0.330 e. The Kier molecular flexibility index (Phi) is 5.03. The van der Waals surface area contributed by atoms with Crippen LogP contribution in [0, 0.1) is 5.41 Å². The van der Waals surface area contributed by atoms with Crippen LogP contribution >= 0.6 is 0 Å². The lowest BCUT2D eigenvalue weighted by Crippen LogP contribution is -2.33. The van der Waals surface area contributed by atoms with Gasteiger partial charge in [0.25, 0.3) is 0 Å². The third kappa shape index (κ3) is 3.38. The van der Waals surface area contributed by atoms with Gasteiger partial charge in [-0.3, -0.25) is 4.68 Å². The monoisotopic (exact) mass is 263 g/mol. The van der Waals surface area contributed by atoms with Gasteiger partial charge in [0.2, 0.25) is 0 Å². The Morgan fingerprint density at radius 1 is 1.21 bits per heavy atom. The number of aryl methyl sites for hydroxylation is 2. The molecule has 0 bridgehead atoms. The first kappa shape index (κ1) is 14.6. The Bertz CT molecular complexity index is 387. The third-order valence-electron chi connectivity index (χ3n) is 4.73. The van der Waals surface area contributed by atoms with E-state index in [1.165, 1.54) is 49.9 Å². The summed E-state index contributed by atoms with van der Waals surface area (Å²) in [5.74, 6) is 0. The summed E-state index contributed by atoms with van der Waals surface area (Å²) in [5, 5.41) is 4.68. The Hall–Kier alpha value is -0.830. The van der Waals surface area contributed by atoms with Crippen molar-refractivity contribution in [3.05, 3.63) is 17.5 Å². The van der Waals surface area contributed by atoms with E-state index in [2.05, 4.69) is 29.7 Å². The van der Waals surface area contributed by atoms with Crippen LogP contribution in [-0.4, -0.2) is 16.3 Å². The second kappa shape index (κ2) is 6.56. The highest BCUT2D eigenvalue weighted by molar-refractivity contribution is 5.13. The molecule has 1 aromatic rings. The van der Waals surface area contributed by atoms with Crippen LogP contribution in [0.25, 0.3) is 0 Å². The van der Waals surface area contributed by atoms with E-state index >= 15 is 0 Å². The van der Waals surface area contributed by atoms with Crippen LogP contribution in [0.4, 0.5) is 0 Å². The minimum atomic E-state index is 0.328. The summed E-state index contributed by atoms with van der Waals surface area (Å²) in [6, 6.07) is 2.30. The van der Waals surface area contributed by atoms with Crippen LogP contribution < -0.4 is 5.73 Å². The second-order valence-corrected chi connectivity index (χ2v) is 6.09. The number of hydrogen-bond acceptors (Lipinski definition) is 2. The standard InChI is InChI=1S/C16H29N3/c1-3-14-11-15(19(4-2)18-14)12-16(13-17)9-7-5-6-8-10-16/h11H,3-10,12-13,17H2,1-2H3. The number of nitrogens with two attached hydrogens (primary N) is 1. The van der Waals surface area contributed by atoms with Crippen molar-refractivity contribution in [2.45, 2.75) is 71.8 Å². The zero-order valence-corrected chi connectivity index (χ0v) is 12.6. The van der Waals surface area contributed by atoms with Gasteiger partial charge in [-0.2, -0.15) is 5.10 Å². The summed E-state index contributed by atoms with van der Waals surface area (Å²) in [7, 11) is 0. The second-order valence-electron chi connectivity index (χ2n) is 6.09. The highest BCUT2D eigenvalue weighted by atomic mass is 15.3. The molecule has 108 valence electrons. The first-order valence-corrected chi connectivity index (χ1v) is 7.98. The maximum absolute atomic E-state index is 6.16. The summed E-state index contributed by atoms with van der Waals surface area (Å²) < 4.78 is 2.18. The van der Waals surface area contributed by atoms with Crippen molar-refractivity contribution in [3.63, 3.8) is 0 Å². The van der Waals surface area contributed by atoms with Crippen molar-refractivity contribution >= 4 is 0 Å². The van der Waals surface area contributed by atoms with Crippen LogP contribution in [0.5, 0.6) is 0 Å². The van der Waals surface area contributed by atoms with Gasteiger partial charge in [-0.15, -0.1) is 0 Å². The molecule has 1 aliphatic rings. The lowest BCUT2D eigenvalue weighted by molar-refractivity contribution is 0.246. The Balaban J connectivity index is 2.18. The largest absolute Gasteiger partial charge is 0.330 e. The summed E-state index contributed by atoms with van der Waals surface area (Å²) in [6.07, 6.45) is 10.2. The van der Waals surface area contributed by atoms with Crippen LogP contribution in [0.3, 0.4) is 0 Å². The van der Waals surface area contributed by atoms with Crippen molar-refractivity contribution in [1.29, 1.82) is 0 Å². The average molecular weight is 263 g/mol. The van der Waals surface area contributed by atoms with Crippen LogP contribution in [0.1, 0.15) is 63.8 Å². The molecule has 0 aliphatic heterocycles. The van der Waals surface area contributed by atoms with E-state index in [-0.39, 0.29) is 0 Å². The summed E-state index contributed by atoms with van der Waals surface area (Å²) in [6.45, 7) is 6.15. The minimum absolute atomic E-state index is 0.328. The fourth-order valence-electron chi connectivity index (χ4n) is 3.42. The molecule has 0 aromatic carbocycles. The molecule has 19 heavy (non-hydrogen) atoms. The fourth-order valence-corrected chi connectivity index (χ4v) is 3.42. The molecule has 1 aromatic heterocycles. The maximum atomic E-state index is 6.16. The van der Waals surface area contributed by atoms with Crippen LogP contribution in [0.15, 0.2) is 6.07 Å². The topological polar surface area (TPSA) is 43.8 Å². The Morgan fingerprint density at radius 2 is 1.89 bits per heavy atom. The fraction of sp³-hybridized carbons (Fsp3) is 0.812. The summed E-state index contributed by atoms with van der Waals surface area (Å²) in [4.78, 5) is 0. The molecule has 3 nitrogen and oxygen atoms in total. The van der Waals surface area contributed by atoms with Gasteiger partial charge in [0, 0.05) is 12.2 Å². The van der Waals surface area contributed by atoms with Gasteiger partial charge in [0.15, 0.2) is 0 Å². The molecule has 3 heteroatoms. The molecule has 0 saturated heterocycles. The number of rotatable bonds is 5. The molecule has 1 heterocycles. The van der Waals surface area contributed by atoms with E-state index in [0.29, 0.717) is 5.41 Å². The highest BCUT2D eigenvalue weighted by Crippen LogP contribution is 2.37. The van der Waals surface area contributed by atoms with Gasteiger partial charge in [-0.25, -0.2) is 0 Å². The zero-order valence-electron chi connectivity index (χ0n) is 12.6. The van der Waals surface area contributed by atoms with E-state index in [9.17, 15) is 0 Å². The van der Waals surface area contributed by atoms with Crippen LogP contribution in [-0.2, 0) is 19.4 Å². The normalized spacial score (nSPS) is 19.3.